The Morgan fingerprint density at radius 2 is 1.76 bits per heavy atom. The first-order chi connectivity index (χ1) is 16.1. The van der Waals surface area contributed by atoms with E-state index in [1.54, 1.807) is 7.11 Å². The van der Waals surface area contributed by atoms with Gasteiger partial charge in [-0.05, 0) is 62.0 Å². The molecule has 2 aliphatic heterocycles. The van der Waals surface area contributed by atoms with Gasteiger partial charge in [-0.15, -0.1) is 0 Å². The van der Waals surface area contributed by atoms with Gasteiger partial charge in [0.15, 0.2) is 0 Å². The van der Waals surface area contributed by atoms with E-state index < -0.39 is 11.8 Å². The molecular weight excluding hydrogens is 416 g/mol. The molecule has 0 bridgehead atoms. The third-order valence-corrected chi connectivity index (χ3v) is 6.71. The summed E-state index contributed by atoms with van der Waals surface area (Å²) in [5.74, 6) is -0.551. The second-order valence-electron chi connectivity index (χ2n) is 8.88. The smallest absolute Gasteiger partial charge is 0.309 e. The van der Waals surface area contributed by atoms with Crippen molar-refractivity contribution in [3.05, 3.63) is 59.2 Å². The molecule has 0 radical (unpaired) electrons. The van der Waals surface area contributed by atoms with E-state index in [2.05, 4.69) is 45.7 Å². The number of nitrogens with one attached hydrogen (secondary N) is 2. The number of anilines is 1. The molecular formula is C26H34N4O3. The number of hydrogen-bond acceptors (Lipinski definition) is 5. The summed E-state index contributed by atoms with van der Waals surface area (Å²) in [6.45, 7) is 3.76. The summed E-state index contributed by atoms with van der Waals surface area (Å²) >= 11 is 0. The van der Waals surface area contributed by atoms with Crippen molar-refractivity contribution in [3.63, 3.8) is 0 Å². The zero-order valence-corrected chi connectivity index (χ0v) is 19.6. The highest BCUT2D eigenvalue weighted by Gasteiger charge is 2.26. The number of rotatable bonds is 7. The standard InChI is InChI=1S/C26H34N4O3/c1-29-13-7-9-19-16-20(11-12-22(19)29)23(30-14-5-6-15-30)18-28-26(32)25(31)27-17-21-8-3-4-10-24(21)33-2/h3-4,8,10-12,16,23H,5-7,9,13-15,17-18H2,1-2H3,(H,27,31)(H,28,32)/t23-/m1/s1. The third kappa shape index (κ3) is 5.47. The van der Waals surface area contributed by atoms with Crippen LogP contribution >= 0.6 is 0 Å². The minimum Gasteiger partial charge on any atom is -0.496 e. The van der Waals surface area contributed by atoms with E-state index in [0.717, 1.165) is 50.9 Å². The molecule has 0 aromatic heterocycles. The van der Waals surface area contributed by atoms with E-state index in [1.807, 2.05) is 24.3 Å². The van der Waals surface area contributed by atoms with Gasteiger partial charge in [0.25, 0.3) is 0 Å². The van der Waals surface area contributed by atoms with Crippen LogP contribution < -0.4 is 20.3 Å². The van der Waals surface area contributed by atoms with Gasteiger partial charge in [0, 0.05) is 37.9 Å². The van der Waals surface area contributed by atoms with Crippen molar-refractivity contribution in [2.75, 3.05) is 45.2 Å². The van der Waals surface area contributed by atoms with E-state index in [1.165, 1.54) is 16.8 Å². The van der Waals surface area contributed by atoms with Gasteiger partial charge in [0.2, 0.25) is 0 Å². The molecule has 2 aliphatic rings. The van der Waals surface area contributed by atoms with Gasteiger partial charge in [-0.2, -0.15) is 0 Å². The maximum Gasteiger partial charge on any atom is 0.309 e. The van der Waals surface area contributed by atoms with E-state index in [-0.39, 0.29) is 12.6 Å². The van der Waals surface area contributed by atoms with E-state index in [4.69, 9.17) is 4.74 Å². The fraction of sp³-hybridized carbons (Fsp3) is 0.462. The fourth-order valence-electron chi connectivity index (χ4n) is 4.90. The number of aryl methyl sites for hydroxylation is 1. The topological polar surface area (TPSA) is 73.9 Å². The summed E-state index contributed by atoms with van der Waals surface area (Å²) in [6.07, 6.45) is 4.57. The van der Waals surface area contributed by atoms with Crippen LogP contribution in [0.2, 0.25) is 0 Å². The molecule has 0 aliphatic carbocycles. The average Bonchev–Trinajstić information content (AvgIpc) is 3.37. The predicted octanol–water partition coefficient (Wildman–Crippen LogP) is 2.65. The monoisotopic (exact) mass is 450 g/mol. The summed E-state index contributed by atoms with van der Waals surface area (Å²) < 4.78 is 5.31. The molecule has 2 aromatic carbocycles. The average molecular weight is 451 g/mol. The largest absolute Gasteiger partial charge is 0.496 e. The van der Waals surface area contributed by atoms with E-state index >= 15 is 0 Å². The number of carbonyl (C=O) groups is 2. The summed E-state index contributed by atoms with van der Waals surface area (Å²) in [6, 6.07) is 14.2. The normalized spacial score (nSPS) is 16.7. The van der Waals surface area contributed by atoms with Crippen molar-refractivity contribution in [2.45, 2.75) is 38.3 Å². The van der Waals surface area contributed by atoms with Crippen LogP contribution in [-0.4, -0.2) is 57.1 Å². The Labute approximate surface area is 196 Å². The Morgan fingerprint density at radius 1 is 1.00 bits per heavy atom. The number of amides is 2. The van der Waals surface area contributed by atoms with Gasteiger partial charge >= 0.3 is 11.8 Å². The maximum absolute atomic E-state index is 12.6. The molecule has 2 aromatic rings. The SMILES string of the molecule is COc1ccccc1CNC(=O)C(=O)NC[C@H](c1ccc2c(c1)CCCN2C)N1CCCC1. The number of nitrogens with zero attached hydrogens (tertiary/aromatic N) is 2. The van der Waals surface area contributed by atoms with Crippen LogP contribution in [-0.2, 0) is 22.6 Å². The lowest BCUT2D eigenvalue weighted by Gasteiger charge is -2.31. The molecule has 176 valence electrons. The van der Waals surface area contributed by atoms with Crippen LogP contribution in [0.25, 0.3) is 0 Å². The summed E-state index contributed by atoms with van der Waals surface area (Å²) in [5, 5.41) is 5.58. The molecule has 4 rings (SSSR count). The van der Waals surface area contributed by atoms with Crippen molar-refractivity contribution < 1.29 is 14.3 Å². The lowest BCUT2D eigenvalue weighted by atomic mass is 9.96. The number of fused-ring (bicyclic) bond motifs is 1. The lowest BCUT2D eigenvalue weighted by molar-refractivity contribution is -0.139. The number of benzene rings is 2. The van der Waals surface area contributed by atoms with Gasteiger partial charge in [-0.3, -0.25) is 14.5 Å². The maximum atomic E-state index is 12.6. The molecule has 7 nitrogen and oxygen atoms in total. The third-order valence-electron chi connectivity index (χ3n) is 6.71. The zero-order valence-electron chi connectivity index (χ0n) is 19.6. The predicted molar refractivity (Wildman–Crippen MR) is 129 cm³/mol. The fourth-order valence-corrected chi connectivity index (χ4v) is 4.90. The number of ether oxygens (including phenoxy) is 1. The Hall–Kier alpha value is -3.06. The molecule has 7 heteroatoms. The van der Waals surface area contributed by atoms with Crippen LogP contribution in [0.4, 0.5) is 5.69 Å². The highest BCUT2D eigenvalue weighted by Crippen LogP contribution is 2.31. The van der Waals surface area contributed by atoms with Gasteiger partial charge < -0.3 is 20.3 Å². The number of methoxy groups -OCH3 is 1. The van der Waals surface area contributed by atoms with Gasteiger partial charge in [-0.25, -0.2) is 0 Å². The number of para-hydroxylation sites is 1. The van der Waals surface area contributed by atoms with E-state index in [9.17, 15) is 9.59 Å². The van der Waals surface area contributed by atoms with Gasteiger partial charge in [-0.1, -0.05) is 30.3 Å². The highest BCUT2D eigenvalue weighted by molar-refractivity contribution is 6.35. The highest BCUT2D eigenvalue weighted by atomic mass is 16.5. The summed E-state index contributed by atoms with van der Waals surface area (Å²) in [5.41, 5.74) is 4.70. The van der Waals surface area contributed by atoms with Crippen LogP contribution in [0, 0.1) is 0 Å². The van der Waals surface area contributed by atoms with Crippen molar-refractivity contribution >= 4 is 17.5 Å². The molecule has 33 heavy (non-hydrogen) atoms. The number of carbonyl (C=O) groups excluding carboxylic acids is 2. The second kappa shape index (κ2) is 10.7. The number of likely N-dealkylation sites (tertiary alicyclic amines) is 1. The summed E-state index contributed by atoms with van der Waals surface area (Å²) in [4.78, 5) is 29.7. The van der Waals surface area contributed by atoms with E-state index in [0.29, 0.717) is 12.3 Å². The minimum absolute atomic E-state index is 0.0657. The van der Waals surface area contributed by atoms with Crippen LogP contribution in [0.3, 0.4) is 0 Å². The second-order valence-corrected chi connectivity index (χ2v) is 8.88. The van der Waals surface area contributed by atoms with Crippen LogP contribution in [0.5, 0.6) is 5.75 Å². The molecule has 2 heterocycles. The Balaban J connectivity index is 1.40. The molecule has 2 N–H and O–H groups in total. The van der Waals surface area contributed by atoms with Crippen LogP contribution in [0.1, 0.15) is 42.0 Å². The Bertz CT molecular complexity index is 987. The quantitative estimate of drug-likeness (QED) is 0.635. The molecule has 1 saturated heterocycles. The molecule has 0 unspecified atom stereocenters. The minimum atomic E-state index is -0.631. The van der Waals surface area contributed by atoms with Crippen molar-refractivity contribution in [1.82, 2.24) is 15.5 Å². The molecule has 2 amide bonds. The Kier molecular flexibility index (Phi) is 7.50. The first-order valence-electron chi connectivity index (χ1n) is 11.8. The lowest BCUT2D eigenvalue weighted by Crippen LogP contribution is -2.43. The molecule has 1 fully saturated rings. The van der Waals surface area contributed by atoms with Crippen molar-refractivity contribution in [2.24, 2.45) is 0 Å². The Morgan fingerprint density at radius 3 is 2.55 bits per heavy atom. The van der Waals surface area contributed by atoms with Crippen molar-refractivity contribution in [1.29, 1.82) is 0 Å². The summed E-state index contributed by atoms with van der Waals surface area (Å²) in [7, 11) is 3.73. The molecule has 1 atom stereocenters. The molecule has 0 saturated carbocycles. The number of hydrogen-bond donors (Lipinski definition) is 2. The molecule has 0 spiro atoms. The van der Waals surface area contributed by atoms with Crippen LogP contribution in [0.15, 0.2) is 42.5 Å². The first kappa shape index (κ1) is 23.1. The first-order valence-corrected chi connectivity index (χ1v) is 11.8. The van der Waals surface area contributed by atoms with Gasteiger partial charge in [0.05, 0.1) is 13.2 Å². The van der Waals surface area contributed by atoms with Crippen molar-refractivity contribution in [3.8, 4) is 5.75 Å². The zero-order chi connectivity index (χ0) is 23.2. The van der Waals surface area contributed by atoms with Gasteiger partial charge in [0.1, 0.15) is 5.75 Å².